The zero-order valence-corrected chi connectivity index (χ0v) is 9.79. The Labute approximate surface area is 99.9 Å². The Balaban J connectivity index is 2.10. The van der Waals surface area contributed by atoms with Crippen LogP contribution in [0.1, 0.15) is 18.5 Å². The van der Waals surface area contributed by atoms with Gasteiger partial charge in [0.2, 0.25) is 11.8 Å². The lowest BCUT2D eigenvalue weighted by molar-refractivity contribution is 0.397. The zero-order chi connectivity index (χ0) is 12.1. The smallest absolute Gasteiger partial charge is 0.226 e. The number of hydrogen-bond acceptors (Lipinski definition) is 5. The molecule has 0 bridgehead atoms. The number of nitrogens with one attached hydrogen (secondary N) is 1. The highest BCUT2D eigenvalue weighted by Crippen LogP contribution is 2.16. The third-order valence-electron chi connectivity index (χ3n) is 2.37. The Morgan fingerprint density at radius 3 is 2.88 bits per heavy atom. The van der Waals surface area contributed by atoms with Crippen molar-refractivity contribution in [2.75, 3.05) is 12.4 Å². The van der Waals surface area contributed by atoms with E-state index in [1.807, 2.05) is 25.3 Å². The van der Waals surface area contributed by atoms with Crippen molar-refractivity contribution < 1.29 is 4.74 Å². The molecule has 0 fully saturated rings. The van der Waals surface area contributed by atoms with E-state index in [4.69, 9.17) is 4.74 Å². The molecule has 0 aliphatic heterocycles. The minimum atomic E-state index is 0.0933. The summed E-state index contributed by atoms with van der Waals surface area (Å²) >= 11 is 0. The van der Waals surface area contributed by atoms with Crippen molar-refractivity contribution in [2.45, 2.75) is 13.0 Å². The van der Waals surface area contributed by atoms with E-state index in [1.165, 1.54) is 0 Å². The van der Waals surface area contributed by atoms with E-state index in [1.54, 1.807) is 25.6 Å². The van der Waals surface area contributed by atoms with Crippen LogP contribution in [-0.2, 0) is 0 Å². The Bertz CT molecular complexity index is 475. The van der Waals surface area contributed by atoms with Gasteiger partial charge in [-0.3, -0.25) is 4.98 Å². The van der Waals surface area contributed by atoms with Gasteiger partial charge in [0.1, 0.15) is 0 Å². The van der Waals surface area contributed by atoms with E-state index in [0.29, 0.717) is 11.8 Å². The first-order valence-corrected chi connectivity index (χ1v) is 5.33. The zero-order valence-electron chi connectivity index (χ0n) is 9.79. The molecule has 88 valence electrons. The van der Waals surface area contributed by atoms with Gasteiger partial charge in [0.15, 0.2) is 0 Å². The summed E-state index contributed by atoms with van der Waals surface area (Å²) in [5.74, 6) is 1.08. The van der Waals surface area contributed by atoms with Crippen LogP contribution in [0.4, 0.5) is 5.95 Å². The molecule has 0 aliphatic rings. The summed E-state index contributed by atoms with van der Waals surface area (Å²) in [6.45, 7) is 2.03. The monoisotopic (exact) mass is 230 g/mol. The van der Waals surface area contributed by atoms with Crippen LogP contribution in [0.5, 0.6) is 5.88 Å². The summed E-state index contributed by atoms with van der Waals surface area (Å²) in [6.07, 6.45) is 5.22. The number of ether oxygens (including phenoxy) is 1. The molecule has 0 saturated carbocycles. The maximum Gasteiger partial charge on any atom is 0.226 e. The first-order valence-electron chi connectivity index (χ1n) is 5.33. The highest BCUT2D eigenvalue weighted by molar-refractivity contribution is 5.32. The first-order chi connectivity index (χ1) is 8.29. The van der Waals surface area contributed by atoms with Crippen molar-refractivity contribution in [3.63, 3.8) is 0 Å². The van der Waals surface area contributed by atoms with Crippen molar-refractivity contribution in [1.82, 2.24) is 15.0 Å². The molecule has 0 aliphatic carbocycles. The van der Waals surface area contributed by atoms with Crippen molar-refractivity contribution in [2.24, 2.45) is 0 Å². The average molecular weight is 230 g/mol. The van der Waals surface area contributed by atoms with E-state index < -0.39 is 0 Å². The Hall–Kier alpha value is -2.17. The van der Waals surface area contributed by atoms with Gasteiger partial charge < -0.3 is 10.1 Å². The molecule has 5 nitrogen and oxygen atoms in total. The minimum absolute atomic E-state index is 0.0933. The van der Waals surface area contributed by atoms with Crippen LogP contribution in [0, 0.1) is 0 Å². The summed E-state index contributed by atoms with van der Waals surface area (Å²) in [5, 5.41) is 3.19. The fourth-order valence-corrected chi connectivity index (χ4v) is 1.43. The maximum absolute atomic E-state index is 5.04. The lowest BCUT2D eigenvalue weighted by atomic mass is 10.1. The van der Waals surface area contributed by atoms with Gasteiger partial charge in [0.05, 0.1) is 13.2 Å². The molecule has 0 saturated heterocycles. The predicted molar refractivity (Wildman–Crippen MR) is 64.9 cm³/mol. The molecule has 1 unspecified atom stereocenters. The molecule has 1 atom stereocenters. The largest absolute Gasteiger partial charge is 0.481 e. The van der Waals surface area contributed by atoms with Crippen molar-refractivity contribution in [3.05, 3.63) is 42.4 Å². The molecule has 0 spiro atoms. The van der Waals surface area contributed by atoms with Crippen LogP contribution in [0.15, 0.2) is 36.8 Å². The number of methoxy groups -OCH3 is 1. The normalized spacial score (nSPS) is 11.9. The Morgan fingerprint density at radius 1 is 1.29 bits per heavy atom. The molecule has 5 heteroatoms. The maximum atomic E-state index is 5.04. The third-order valence-corrected chi connectivity index (χ3v) is 2.37. The Kier molecular flexibility index (Phi) is 3.49. The summed E-state index contributed by atoms with van der Waals surface area (Å²) in [4.78, 5) is 12.4. The van der Waals surface area contributed by atoms with Crippen molar-refractivity contribution in [1.29, 1.82) is 0 Å². The molecule has 2 heterocycles. The molecule has 2 aromatic heterocycles. The minimum Gasteiger partial charge on any atom is -0.481 e. The van der Waals surface area contributed by atoms with Gasteiger partial charge >= 0.3 is 0 Å². The number of rotatable bonds is 4. The van der Waals surface area contributed by atoms with Crippen LogP contribution in [0.25, 0.3) is 0 Å². The lowest BCUT2D eigenvalue weighted by Gasteiger charge is -2.13. The van der Waals surface area contributed by atoms with E-state index in [2.05, 4.69) is 20.3 Å². The van der Waals surface area contributed by atoms with Crippen LogP contribution >= 0.6 is 0 Å². The topological polar surface area (TPSA) is 59.9 Å². The fourth-order valence-electron chi connectivity index (χ4n) is 1.43. The second-order valence-corrected chi connectivity index (χ2v) is 3.57. The van der Waals surface area contributed by atoms with Crippen LogP contribution in [0.3, 0.4) is 0 Å². The molecule has 17 heavy (non-hydrogen) atoms. The summed E-state index contributed by atoms with van der Waals surface area (Å²) in [5.41, 5.74) is 1.08. The van der Waals surface area contributed by atoms with E-state index in [9.17, 15) is 0 Å². The number of aromatic nitrogens is 3. The molecule has 2 aromatic rings. The van der Waals surface area contributed by atoms with Crippen molar-refractivity contribution in [3.8, 4) is 5.88 Å². The lowest BCUT2D eigenvalue weighted by Crippen LogP contribution is -2.09. The van der Waals surface area contributed by atoms with E-state index >= 15 is 0 Å². The third kappa shape index (κ3) is 2.90. The first kappa shape index (κ1) is 11.3. The van der Waals surface area contributed by atoms with Crippen LogP contribution in [0.2, 0.25) is 0 Å². The van der Waals surface area contributed by atoms with E-state index in [0.717, 1.165) is 5.56 Å². The quantitative estimate of drug-likeness (QED) is 0.871. The number of pyridine rings is 1. The van der Waals surface area contributed by atoms with Crippen molar-refractivity contribution >= 4 is 5.95 Å². The number of hydrogen-bond donors (Lipinski definition) is 1. The standard InChI is InChI=1S/C12H14N4O/c1-9(10-4-3-6-13-8-10)15-12-14-7-5-11(16-12)17-2/h3-9H,1-2H3,(H,14,15,16). The predicted octanol–water partition coefficient (Wildman–Crippen LogP) is 2.05. The summed E-state index contributed by atoms with van der Waals surface area (Å²) in [6, 6.07) is 5.71. The van der Waals surface area contributed by atoms with E-state index in [-0.39, 0.29) is 6.04 Å². The number of nitrogens with zero attached hydrogens (tertiary/aromatic N) is 3. The molecular weight excluding hydrogens is 216 g/mol. The van der Waals surface area contributed by atoms with Gasteiger partial charge in [0.25, 0.3) is 0 Å². The second-order valence-electron chi connectivity index (χ2n) is 3.57. The molecular formula is C12H14N4O. The SMILES string of the molecule is COc1ccnc(NC(C)c2cccnc2)n1. The van der Waals surface area contributed by atoms with Crippen LogP contribution < -0.4 is 10.1 Å². The second kappa shape index (κ2) is 5.25. The van der Waals surface area contributed by atoms with Gasteiger partial charge in [-0.2, -0.15) is 4.98 Å². The highest BCUT2D eigenvalue weighted by atomic mass is 16.5. The molecule has 0 aromatic carbocycles. The van der Waals surface area contributed by atoms with Gasteiger partial charge in [0, 0.05) is 24.7 Å². The summed E-state index contributed by atoms with van der Waals surface area (Å²) < 4.78 is 5.04. The molecule has 2 rings (SSSR count). The molecule has 0 amide bonds. The fraction of sp³-hybridized carbons (Fsp3) is 0.250. The van der Waals surface area contributed by atoms with Crippen LogP contribution in [-0.4, -0.2) is 22.1 Å². The van der Waals surface area contributed by atoms with Gasteiger partial charge in [-0.15, -0.1) is 0 Å². The highest BCUT2D eigenvalue weighted by Gasteiger charge is 2.07. The number of anilines is 1. The Morgan fingerprint density at radius 2 is 2.18 bits per heavy atom. The molecule has 0 radical (unpaired) electrons. The summed E-state index contributed by atoms with van der Waals surface area (Å²) in [7, 11) is 1.58. The van der Waals surface area contributed by atoms with Gasteiger partial charge in [-0.05, 0) is 18.6 Å². The van der Waals surface area contributed by atoms with Gasteiger partial charge in [-0.1, -0.05) is 6.07 Å². The van der Waals surface area contributed by atoms with Gasteiger partial charge in [-0.25, -0.2) is 4.98 Å². The molecule has 1 N–H and O–H groups in total. The average Bonchev–Trinajstić information content (AvgIpc) is 2.40.